The van der Waals surface area contributed by atoms with Crippen LogP contribution in [0.2, 0.25) is 5.02 Å². The average molecular weight is 279 g/mol. The minimum Gasteiger partial charge on any atom is -0.271 e. The lowest BCUT2D eigenvalue weighted by molar-refractivity contribution is 0.559. The van der Waals surface area contributed by atoms with Gasteiger partial charge in [0, 0.05) is 10.6 Å². The van der Waals surface area contributed by atoms with E-state index in [1.165, 1.54) is 6.07 Å². The summed E-state index contributed by atoms with van der Waals surface area (Å²) in [4.78, 5) is 0. The number of nitrogens with two attached hydrogens (primary N) is 1. The van der Waals surface area contributed by atoms with Gasteiger partial charge in [0.25, 0.3) is 0 Å². The van der Waals surface area contributed by atoms with Gasteiger partial charge in [0.1, 0.15) is 5.82 Å². The van der Waals surface area contributed by atoms with E-state index in [9.17, 15) is 4.39 Å². The van der Waals surface area contributed by atoms with Crippen molar-refractivity contribution in [2.24, 2.45) is 5.84 Å². The molecule has 0 amide bonds. The van der Waals surface area contributed by atoms with E-state index in [0.717, 1.165) is 16.7 Å². The summed E-state index contributed by atoms with van der Waals surface area (Å²) in [5, 5.41) is 0.614. The van der Waals surface area contributed by atoms with Crippen LogP contribution in [0.1, 0.15) is 28.3 Å². The Labute approximate surface area is 117 Å². The predicted molar refractivity (Wildman–Crippen MR) is 76.5 cm³/mol. The van der Waals surface area contributed by atoms with Gasteiger partial charge in [0.15, 0.2) is 0 Å². The van der Waals surface area contributed by atoms with Gasteiger partial charge in [-0.05, 0) is 43.2 Å². The third-order valence-electron chi connectivity index (χ3n) is 3.03. The Hall–Kier alpha value is -1.42. The summed E-state index contributed by atoms with van der Waals surface area (Å²) in [5.41, 5.74) is 6.01. The summed E-state index contributed by atoms with van der Waals surface area (Å²) < 4.78 is 14.0. The standard InChI is InChI=1S/C15H16ClFN2/c1-9-3-4-14(17)13(7-9)15(19-18)11-5-10(2)6-12(16)8-11/h3-8,15,19H,18H2,1-2H3. The second kappa shape index (κ2) is 5.70. The molecule has 0 aliphatic carbocycles. The molecular formula is C15H16ClFN2. The fourth-order valence-electron chi connectivity index (χ4n) is 2.18. The van der Waals surface area contributed by atoms with Gasteiger partial charge in [0.2, 0.25) is 0 Å². The van der Waals surface area contributed by atoms with Gasteiger partial charge in [-0.2, -0.15) is 0 Å². The predicted octanol–water partition coefficient (Wildman–Crippen LogP) is 3.65. The summed E-state index contributed by atoms with van der Waals surface area (Å²) in [6.45, 7) is 3.86. The fourth-order valence-corrected chi connectivity index (χ4v) is 2.48. The van der Waals surface area contributed by atoms with E-state index in [-0.39, 0.29) is 5.82 Å². The molecule has 0 heterocycles. The first kappa shape index (κ1) is 14.0. The van der Waals surface area contributed by atoms with Crippen LogP contribution in [0.4, 0.5) is 4.39 Å². The number of benzene rings is 2. The highest BCUT2D eigenvalue weighted by Gasteiger charge is 2.17. The molecule has 3 N–H and O–H groups in total. The SMILES string of the molecule is Cc1cc(Cl)cc(C(NN)c2cc(C)ccc2F)c1. The zero-order valence-corrected chi connectivity index (χ0v) is 11.6. The monoisotopic (exact) mass is 278 g/mol. The minimum absolute atomic E-state index is 0.286. The Bertz CT molecular complexity index is 578. The van der Waals surface area contributed by atoms with E-state index in [4.69, 9.17) is 17.4 Å². The van der Waals surface area contributed by atoms with E-state index in [1.807, 2.05) is 26.0 Å². The topological polar surface area (TPSA) is 38.0 Å². The molecule has 0 fully saturated rings. The Balaban J connectivity index is 2.52. The molecule has 1 atom stereocenters. The highest BCUT2D eigenvalue weighted by atomic mass is 35.5. The highest BCUT2D eigenvalue weighted by Crippen LogP contribution is 2.27. The first-order chi connectivity index (χ1) is 9.01. The van der Waals surface area contributed by atoms with Crippen LogP contribution in [0.25, 0.3) is 0 Å². The highest BCUT2D eigenvalue weighted by molar-refractivity contribution is 6.30. The quantitative estimate of drug-likeness (QED) is 0.664. The van der Waals surface area contributed by atoms with Crippen molar-refractivity contribution in [3.63, 3.8) is 0 Å². The summed E-state index contributed by atoms with van der Waals surface area (Å²) in [6.07, 6.45) is 0. The smallest absolute Gasteiger partial charge is 0.128 e. The second-order valence-electron chi connectivity index (χ2n) is 4.69. The maximum Gasteiger partial charge on any atom is 0.128 e. The Kier molecular flexibility index (Phi) is 4.20. The van der Waals surface area contributed by atoms with Gasteiger partial charge >= 0.3 is 0 Å². The number of hydrazine groups is 1. The van der Waals surface area contributed by atoms with Crippen molar-refractivity contribution in [2.75, 3.05) is 0 Å². The lowest BCUT2D eigenvalue weighted by Crippen LogP contribution is -2.29. The van der Waals surface area contributed by atoms with Gasteiger partial charge in [-0.15, -0.1) is 0 Å². The van der Waals surface area contributed by atoms with Gasteiger partial charge in [-0.1, -0.05) is 35.4 Å². The van der Waals surface area contributed by atoms with Crippen LogP contribution in [0.5, 0.6) is 0 Å². The molecule has 0 aromatic heterocycles. The number of rotatable bonds is 3. The molecule has 0 saturated heterocycles. The van der Waals surface area contributed by atoms with Crippen molar-refractivity contribution in [3.05, 3.63) is 69.5 Å². The third-order valence-corrected chi connectivity index (χ3v) is 3.25. The molecule has 1 unspecified atom stereocenters. The molecule has 2 aromatic carbocycles. The molecule has 0 aliphatic heterocycles. The van der Waals surface area contributed by atoms with Crippen LogP contribution in [-0.4, -0.2) is 0 Å². The van der Waals surface area contributed by atoms with Crippen LogP contribution < -0.4 is 11.3 Å². The van der Waals surface area contributed by atoms with Crippen LogP contribution in [-0.2, 0) is 0 Å². The molecule has 100 valence electrons. The van der Waals surface area contributed by atoms with Crippen LogP contribution >= 0.6 is 11.6 Å². The molecule has 4 heteroatoms. The number of aryl methyl sites for hydroxylation is 2. The summed E-state index contributed by atoms with van der Waals surface area (Å²) in [7, 11) is 0. The van der Waals surface area contributed by atoms with Crippen LogP contribution in [0.3, 0.4) is 0 Å². The van der Waals surface area contributed by atoms with Crippen molar-refractivity contribution in [1.82, 2.24) is 5.43 Å². The molecule has 0 bridgehead atoms. The molecule has 0 aliphatic rings. The maximum atomic E-state index is 14.0. The van der Waals surface area contributed by atoms with Crippen molar-refractivity contribution >= 4 is 11.6 Å². The van der Waals surface area contributed by atoms with Crippen molar-refractivity contribution < 1.29 is 4.39 Å². The Morgan fingerprint density at radius 1 is 1.11 bits per heavy atom. The van der Waals surface area contributed by atoms with E-state index in [2.05, 4.69) is 5.43 Å². The molecular weight excluding hydrogens is 263 g/mol. The van der Waals surface area contributed by atoms with Gasteiger partial charge < -0.3 is 0 Å². The molecule has 0 radical (unpaired) electrons. The summed E-state index contributed by atoms with van der Waals surface area (Å²) in [5.74, 6) is 5.31. The maximum absolute atomic E-state index is 14.0. The molecule has 0 saturated carbocycles. The van der Waals surface area contributed by atoms with E-state index < -0.39 is 6.04 Å². The van der Waals surface area contributed by atoms with Gasteiger partial charge in [-0.3, -0.25) is 5.84 Å². The zero-order valence-electron chi connectivity index (χ0n) is 10.9. The average Bonchev–Trinajstić information content (AvgIpc) is 2.33. The first-order valence-corrected chi connectivity index (χ1v) is 6.38. The number of hydrogen-bond acceptors (Lipinski definition) is 2. The molecule has 2 aromatic rings. The molecule has 2 rings (SSSR count). The van der Waals surface area contributed by atoms with Crippen molar-refractivity contribution in [1.29, 1.82) is 0 Å². The minimum atomic E-state index is -0.419. The van der Waals surface area contributed by atoms with E-state index in [1.54, 1.807) is 18.2 Å². The molecule has 2 nitrogen and oxygen atoms in total. The second-order valence-corrected chi connectivity index (χ2v) is 5.12. The Morgan fingerprint density at radius 2 is 1.84 bits per heavy atom. The molecule has 19 heavy (non-hydrogen) atoms. The number of halogens is 2. The zero-order chi connectivity index (χ0) is 14.0. The number of hydrogen-bond donors (Lipinski definition) is 2. The Morgan fingerprint density at radius 3 is 2.47 bits per heavy atom. The van der Waals surface area contributed by atoms with Gasteiger partial charge in [-0.25, -0.2) is 9.82 Å². The summed E-state index contributed by atoms with van der Waals surface area (Å²) >= 11 is 6.05. The fraction of sp³-hybridized carbons (Fsp3) is 0.200. The normalized spacial score (nSPS) is 12.5. The molecule has 0 spiro atoms. The summed E-state index contributed by atoms with van der Waals surface area (Å²) in [6, 6.07) is 10.1. The largest absolute Gasteiger partial charge is 0.271 e. The lowest BCUT2D eigenvalue weighted by Gasteiger charge is -2.19. The lowest BCUT2D eigenvalue weighted by atomic mass is 9.96. The third kappa shape index (κ3) is 3.13. The van der Waals surface area contributed by atoms with E-state index >= 15 is 0 Å². The van der Waals surface area contributed by atoms with E-state index in [0.29, 0.717) is 10.6 Å². The van der Waals surface area contributed by atoms with Crippen molar-refractivity contribution in [3.8, 4) is 0 Å². The van der Waals surface area contributed by atoms with Crippen LogP contribution in [0, 0.1) is 19.7 Å². The van der Waals surface area contributed by atoms with Gasteiger partial charge in [0.05, 0.1) is 6.04 Å². The number of nitrogens with one attached hydrogen (secondary N) is 1. The van der Waals surface area contributed by atoms with Crippen LogP contribution in [0.15, 0.2) is 36.4 Å². The first-order valence-electron chi connectivity index (χ1n) is 6.00. The van der Waals surface area contributed by atoms with Crippen molar-refractivity contribution in [2.45, 2.75) is 19.9 Å².